The van der Waals surface area contributed by atoms with Crippen LogP contribution in [0.25, 0.3) is 0 Å². The fraction of sp³-hybridized carbons (Fsp3) is 0.929. The summed E-state index contributed by atoms with van der Waals surface area (Å²) in [4.78, 5) is 13.8. The third-order valence-electron chi connectivity index (χ3n) is 3.24. The maximum atomic E-state index is 12.0. The van der Waals surface area contributed by atoms with Gasteiger partial charge in [0.2, 0.25) is 0 Å². The van der Waals surface area contributed by atoms with E-state index in [1.807, 2.05) is 25.7 Å². The number of rotatable bonds is 4. The zero-order valence-electron chi connectivity index (χ0n) is 12.1. The summed E-state index contributed by atoms with van der Waals surface area (Å²) in [5.74, 6) is 0.623. The summed E-state index contributed by atoms with van der Waals surface area (Å²) in [6, 6.07) is 0. The number of hydrogen-bond acceptors (Lipinski definition) is 3. The first-order valence-corrected chi connectivity index (χ1v) is 7.10. The molecule has 0 aromatic rings. The van der Waals surface area contributed by atoms with E-state index in [4.69, 9.17) is 10.5 Å². The van der Waals surface area contributed by atoms with Crippen molar-refractivity contribution in [2.45, 2.75) is 58.5 Å². The number of hydrogen-bond donors (Lipinski definition) is 1. The van der Waals surface area contributed by atoms with Crippen LogP contribution < -0.4 is 5.73 Å². The zero-order chi connectivity index (χ0) is 13.6. The first kappa shape index (κ1) is 15.3. The van der Waals surface area contributed by atoms with Gasteiger partial charge in [0.05, 0.1) is 0 Å². The largest absolute Gasteiger partial charge is 0.444 e. The molecule has 0 aromatic heterocycles. The molecule has 2 N–H and O–H groups in total. The lowest BCUT2D eigenvalue weighted by atomic mass is 9.93. The number of likely N-dealkylation sites (tertiary alicyclic amines) is 1. The molecule has 1 saturated heterocycles. The summed E-state index contributed by atoms with van der Waals surface area (Å²) in [6.45, 7) is 8.18. The second kappa shape index (κ2) is 6.98. The van der Waals surface area contributed by atoms with Crippen molar-refractivity contribution in [3.05, 3.63) is 0 Å². The fourth-order valence-electron chi connectivity index (χ4n) is 2.37. The van der Waals surface area contributed by atoms with Crippen molar-refractivity contribution in [2.75, 3.05) is 19.6 Å². The summed E-state index contributed by atoms with van der Waals surface area (Å²) >= 11 is 0. The minimum atomic E-state index is -0.399. The standard InChI is InChI=1S/C14H28N2O2/c1-14(2,3)18-13(17)16-10-6-8-12(11-16)7-4-5-9-15/h12H,4-11,15H2,1-3H3. The Hall–Kier alpha value is -0.770. The molecule has 1 aliphatic rings. The monoisotopic (exact) mass is 256 g/mol. The molecule has 1 aliphatic heterocycles. The molecule has 1 unspecified atom stereocenters. The normalized spacial score (nSPS) is 20.9. The highest BCUT2D eigenvalue weighted by atomic mass is 16.6. The Morgan fingerprint density at radius 1 is 1.39 bits per heavy atom. The van der Waals surface area contributed by atoms with Gasteiger partial charge in [0, 0.05) is 13.1 Å². The molecular formula is C14H28N2O2. The van der Waals surface area contributed by atoms with Crippen LogP contribution in [0.5, 0.6) is 0 Å². The van der Waals surface area contributed by atoms with Gasteiger partial charge in [0.25, 0.3) is 0 Å². The average molecular weight is 256 g/mol. The van der Waals surface area contributed by atoms with Crippen LogP contribution in [0.4, 0.5) is 4.79 Å². The van der Waals surface area contributed by atoms with Crippen molar-refractivity contribution >= 4 is 6.09 Å². The number of amides is 1. The van der Waals surface area contributed by atoms with Crippen molar-refractivity contribution in [3.8, 4) is 0 Å². The van der Waals surface area contributed by atoms with Gasteiger partial charge < -0.3 is 15.4 Å². The molecule has 0 aromatic carbocycles. The van der Waals surface area contributed by atoms with Gasteiger partial charge in [0.15, 0.2) is 0 Å². The lowest BCUT2D eigenvalue weighted by Crippen LogP contribution is -2.42. The summed E-state index contributed by atoms with van der Waals surface area (Å²) in [5.41, 5.74) is 5.11. The third-order valence-corrected chi connectivity index (χ3v) is 3.24. The molecule has 4 nitrogen and oxygen atoms in total. The number of nitrogens with zero attached hydrogens (tertiary/aromatic N) is 1. The van der Waals surface area contributed by atoms with Crippen LogP contribution in [-0.2, 0) is 4.74 Å². The summed E-state index contributed by atoms with van der Waals surface area (Å²) in [6.07, 6.45) is 5.59. The predicted octanol–water partition coefficient (Wildman–Crippen LogP) is 2.76. The van der Waals surface area contributed by atoms with E-state index in [0.29, 0.717) is 5.92 Å². The van der Waals surface area contributed by atoms with Crippen LogP contribution in [0.2, 0.25) is 0 Å². The van der Waals surface area contributed by atoms with Gasteiger partial charge in [0.1, 0.15) is 5.60 Å². The Kier molecular flexibility index (Phi) is 5.93. The number of nitrogens with two attached hydrogens (primary N) is 1. The van der Waals surface area contributed by atoms with E-state index in [1.165, 1.54) is 19.3 Å². The second-order valence-electron chi connectivity index (χ2n) is 6.22. The molecular weight excluding hydrogens is 228 g/mol. The van der Waals surface area contributed by atoms with E-state index in [1.54, 1.807) is 0 Å². The maximum Gasteiger partial charge on any atom is 0.410 e. The van der Waals surface area contributed by atoms with Crippen molar-refractivity contribution in [3.63, 3.8) is 0 Å². The molecule has 1 fully saturated rings. The zero-order valence-corrected chi connectivity index (χ0v) is 12.1. The number of carbonyl (C=O) groups excluding carboxylic acids is 1. The van der Waals surface area contributed by atoms with Crippen LogP contribution >= 0.6 is 0 Å². The first-order valence-electron chi connectivity index (χ1n) is 7.10. The van der Waals surface area contributed by atoms with Crippen LogP contribution in [0.3, 0.4) is 0 Å². The van der Waals surface area contributed by atoms with Crippen molar-refractivity contribution in [2.24, 2.45) is 11.7 Å². The van der Waals surface area contributed by atoms with Gasteiger partial charge in [-0.2, -0.15) is 0 Å². The molecule has 106 valence electrons. The fourth-order valence-corrected chi connectivity index (χ4v) is 2.37. The smallest absolute Gasteiger partial charge is 0.410 e. The van der Waals surface area contributed by atoms with Crippen LogP contribution in [-0.4, -0.2) is 36.2 Å². The van der Waals surface area contributed by atoms with Gasteiger partial charge in [-0.05, 0) is 58.9 Å². The highest BCUT2D eigenvalue weighted by Crippen LogP contribution is 2.23. The molecule has 0 radical (unpaired) electrons. The van der Waals surface area contributed by atoms with E-state index < -0.39 is 5.60 Å². The number of piperidine rings is 1. The van der Waals surface area contributed by atoms with Crippen LogP contribution in [0.1, 0.15) is 52.9 Å². The minimum absolute atomic E-state index is 0.161. The van der Waals surface area contributed by atoms with Crippen LogP contribution in [0, 0.1) is 5.92 Å². The van der Waals surface area contributed by atoms with Gasteiger partial charge in [-0.25, -0.2) is 4.79 Å². The Balaban J connectivity index is 2.36. The Bertz CT molecular complexity index is 261. The van der Waals surface area contributed by atoms with Gasteiger partial charge in [-0.15, -0.1) is 0 Å². The molecule has 0 spiro atoms. The summed E-state index contributed by atoms with van der Waals surface area (Å²) < 4.78 is 5.42. The van der Waals surface area contributed by atoms with E-state index in [0.717, 1.165) is 32.5 Å². The number of carbonyl (C=O) groups is 1. The molecule has 1 atom stereocenters. The third kappa shape index (κ3) is 5.71. The van der Waals surface area contributed by atoms with E-state index in [-0.39, 0.29) is 6.09 Å². The van der Waals surface area contributed by atoms with Gasteiger partial charge >= 0.3 is 6.09 Å². The molecule has 0 bridgehead atoms. The topological polar surface area (TPSA) is 55.6 Å². The van der Waals surface area contributed by atoms with Crippen molar-refractivity contribution in [1.82, 2.24) is 4.90 Å². The minimum Gasteiger partial charge on any atom is -0.444 e. The number of unbranched alkanes of at least 4 members (excludes halogenated alkanes) is 1. The van der Waals surface area contributed by atoms with Gasteiger partial charge in [-0.1, -0.05) is 6.42 Å². The van der Waals surface area contributed by atoms with Crippen molar-refractivity contribution in [1.29, 1.82) is 0 Å². The average Bonchev–Trinajstić information content (AvgIpc) is 2.27. The first-order chi connectivity index (χ1) is 8.42. The highest BCUT2D eigenvalue weighted by Gasteiger charge is 2.27. The molecule has 0 aliphatic carbocycles. The lowest BCUT2D eigenvalue weighted by molar-refractivity contribution is 0.0160. The molecule has 1 amide bonds. The molecule has 0 saturated carbocycles. The molecule has 1 rings (SSSR count). The summed E-state index contributed by atoms with van der Waals surface area (Å²) in [7, 11) is 0. The quantitative estimate of drug-likeness (QED) is 0.787. The van der Waals surface area contributed by atoms with E-state index in [9.17, 15) is 4.79 Å². The highest BCUT2D eigenvalue weighted by molar-refractivity contribution is 5.68. The van der Waals surface area contributed by atoms with E-state index in [2.05, 4.69) is 0 Å². The Labute approximate surface area is 111 Å². The molecule has 1 heterocycles. The lowest BCUT2D eigenvalue weighted by Gasteiger charge is -2.34. The van der Waals surface area contributed by atoms with Gasteiger partial charge in [-0.3, -0.25) is 0 Å². The molecule has 18 heavy (non-hydrogen) atoms. The Morgan fingerprint density at radius 2 is 2.11 bits per heavy atom. The van der Waals surface area contributed by atoms with E-state index >= 15 is 0 Å². The van der Waals surface area contributed by atoms with Crippen molar-refractivity contribution < 1.29 is 9.53 Å². The second-order valence-corrected chi connectivity index (χ2v) is 6.22. The van der Waals surface area contributed by atoms with Crippen LogP contribution in [0.15, 0.2) is 0 Å². The molecule has 4 heteroatoms. The maximum absolute atomic E-state index is 12.0. The summed E-state index contributed by atoms with van der Waals surface area (Å²) in [5, 5.41) is 0. The Morgan fingerprint density at radius 3 is 2.72 bits per heavy atom. The SMILES string of the molecule is CC(C)(C)OC(=O)N1CCCC(CCCCN)C1. The number of ether oxygens (including phenoxy) is 1. The predicted molar refractivity (Wildman–Crippen MR) is 73.4 cm³/mol.